The monoisotopic (exact) mass is 330 g/mol. The van der Waals surface area contributed by atoms with Crippen LogP contribution in [0.5, 0.6) is 0 Å². The minimum atomic E-state index is 0.272. The fraction of sp³-hybridized carbons (Fsp3) is 0.111. The van der Waals surface area contributed by atoms with Gasteiger partial charge in [-0.1, -0.05) is 34.1 Å². The maximum Gasteiger partial charge on any atom is 0.240 e. The molecule has 0 radical (unpaired) electrons. The number of nitrogens with two attached hydrogens (primary N) is 1. The lowest BCUT2D eigenvalue weighted by Gasteiger charge is -2.04. The van der Waals surface area contributed by atoms with Gasteiger partial charge < -0.3 is 5.73 Å². The Hall–Kier alpha value is -0.880. The first-order chi connectivity index (χ1) is 7.16. The van der Waals surface area contributed by atoms with Gasteiger partial charge in [-0.25, -0.2) is 4.68 Å². The molecule has 0 saturated carbocycles. The average Bonchev–Trinajstić information content (AvgIpc) is 2.49. The molecule has 6 heteroatoms. The van der Waals surface area contributed by atoms with Crippen LogP contribution in [-0.2, 0) is 6.54 Å². The molecule has 15 heavy (non-hydrogen) atoms. The van der Waals surface area contributed by atoms with E-state index in [4.69, 9.17) is 5.73 Å². The molecule has 0 aliphatic rings. The maximum absolute atomic E-state index is 5.49. The minimum Gasteiger partial charge on any atom is -0.366 e. The highest BCUT2D eigenvalue weighted by atomic mass is 79.9. The number of hydrogen-bond acceptors (Lipinski definition) is 3. The van der Waals surface area contributed by atoms with E-state index in [1.165, 1.54) is 0 Å². The Morgan fingerprint density at radius 1 is 1.27 bits per heavy atom. The van der Waals surface area contributed by atoms with Crippen molar-refractivity contribution in [2.75, 3.05) is 5.73 Å². The molecule has 0 fully saturated rings. The third-order valence-corrected chi connectivity index (χ3v) is 3.28. The molecule has 0 atom stereocenters. The van der Waals surface area contributed by atoms with Crippen LogP contribution in [0.3, 0.4) is 0 Å². The smallest absolute Gasteiger partial charge is 0.240 e. The number of aromatic nitrogens is 3. The molecule has 1 heterocycles. The van der Waals surface area contributed by atoms with Crippen LogP contribution in [0.15, 0.2) is 33.5 Å². The topological polar surface area (TPSA) is 56.7 Å². The molecule has 4 nitrogen and oxygen atoms in total. The summed E-state index contributed by atoms with van der Waals surface area (Å²) in [4.78, 5) is 3.97. The molecule has 2 rings (SSSR count). The average molecular weight is 332 g/mol. The van der Waals surface area contributed by atoms with Gasteiger partial charge >= 0.3 is 0 Å². The third kappa shape index (κ3) is 2.38. The largest absolute Gasteiger partial charge is 0.366 e. The normalized spacial score (nSPS) is 10.5. The molecule has 0 aliphatic carbocycles. The summed E-state index contributed by atoms with van der Waals surface area (Å²) in [6.45, 7) is 0.631. The van der Waals surface area contributed by atoms with E-state index in [0.717, 1.165) is 10.0 Å². The molecule has 0 unspecified atom stereocenters. The molecule has 0 spiro atoms. The summed E-state index contributed by atoms with van der Waals surface area (Å²) < 4.78 is 3.39. The first kappa shape index (κ1) is 10.6. The van der Waals surface area contributed by atoms with Crippen molar-refractivity contribution < 1.29 is 0 Å². The highest BCUT2D eigenvalue weighted by Crippen LogP contribution is 2.18. The lowest BCUT2D eigenvalue weighted by Crippen LogP contribution is -2.03. The highest BCUT2D eigenvalue weighted by Gasteiger charge is 2.06. The zero-order valence-electron chi connectivity index (χ0n) is 7.69. The molecule has 0 bridgehead atoms. The van der Waals surface area contributed by atoms with Crippen molar-refractivity contribution in [2.24, 2.45) is 0 Å². The zero-order chi connectivity index (χ0) is 10.8. The Morgan fingerprint density at radius 2 is 2.00 bits per heavy atom. The van der Waals surface area contributed by atoms with Gasteiger partial charge in [0.1, 0.15) is 0 Å². The van der Waals surface area contributed by atoms with Crippen LogP contribution < -0.4 is 5.73 Å². The van der Waals surface area contributed by atoms with E-state index in [1.54, 1.807) is 4.68 Å². The number of anilines is 1. The second kappa shape index (κ2) is 4.32. The van der Waals surface area contributed by atoms with Crippen molar-refractivity contribution in [3.63, 3.8) is 0 Å². The number of rotatable bonds is 2. The van der Waals surface area contributed by atoms with E-state index in [0.29, 0.717) is 11.3 Å². The molecule has 1 aromatic carbocycles. The summed E-state index contributed by atoms with van der Waals surface area (Å²) >= 11 is 6.77. The van der Waals surface area contributed by atoms with E-state index in [9.17, 15) is 0 Å². The predicted octanol–water partition coefficient (Wildman–Crippen LogP) is 2.43. The zero-order valence-corrected chi connectivity index (χ0v) is 10.9. The molecule has 2 aromatic rings. The van der Waals surface area contributed by atoms with E-state index in [-0.39, 0.29) is 5.95 Å². The molecule has 0 saturated heterocycles. The Bertz CT molecular complexity index is 481. The SMILES string of the molecule is Nc1nc(Br)n(Cc2ccccc2Br)n1. The van der Waals surface area contributed by atoms with E-state index in [2.05, 4.69) is 41.9 Å². The van der Waals surface area contributed by atoms with Crippen LogP contribution >= 0.6 is 31.9 Å². The Balaban J connectivity index is 2.29. The lowest BCUT2D eigenvalue weighted by atomic mass is 10.2. The van der Waals surface area contributed by atoms with Crippen molar-refractivity contribution in [2.45, 2.75) is 6.54 Å². The second-order valence-electron chi connectivity index (χ2n) is 2.99. The van der Waals surface area contributed by atoms with Crippen molar-refractivity contribution >= 4 is 37.8 Å². The highest BCUT2D eigenvalue weighted by molar-refractivity contribution is 9.10. The van der Waals surface area contributed by atoms with E-state index >= 15 is 0 Å². The van der Waals surface area contributed by atoms with E-state index < -0.39 is 0 Å². The lowest BCUT2D eigenvalue weighted by molar-refractivity contribution is 0.668. The summed E-state index contributed by atoms with van der Waals surface area (Å²) in [6.07, 6.45) is 0. The Kier molecular flexibility index (Phi) is 3.06. The summed E-state index contributed by atoms with van der Waals surface area (Å²) in [5.41, 5.74) is 6.61. The van der Waals surface area contributed by atoms with Crippen LogP contribution in [0, 0.1) is 0 Å². The molecule has 2 N–H and O–H groups in total. The van der Waals surface area contributed by atoms with Crippen molar-refractivity contribution in [1.82, 2.24) is 14.8 Å². The van der Waals surface area contributed by atoms with Crippen LogP contribution in [0.2, 0.25) is 0 Å². The van der Waals surface area contributed by atoms with Crippen molar-refractivity contribution in [3.05, 3.63) is 39.0 Å². The van der Waals surface area contributed by atoms with Gasteiger partial charge in [0.05, 0.1) is 6.54 Å². The first-order valence-electron chi connectivity index (χ1n) is 4.26. The number of halogens is 2. The standard InChI is InChI=1S/C9H8Br2N4/c10-7-4-2-1-3-6(7)5-15-8(11)13-9(12)14-15/h1-4H,5H2,(H2,12,14). The fourth-order valence-corrected chi connectivity index (χ4v) is 2.02. The summed E-state index contributed by atoms with van der Waals surface area (Å²) in [6, 6.07) is 7.96. The molecule has 1 aromatic heterocycles. The van der Waals surface area contributed by atoms with Gasteiger partial charge in [-0.05, 0) is 27.6 Å². The van der Waals surface area contributed by atoms with E-state index in [1.807, 2.05) is 24.3 Å². The van der Waals surface area contributed by atoms with Gasteiger partial charge in [-0.3, -0.25) is 0 Å². The Labute approximate surface area is 104 Å². The van der Waals surface area contributed by atoms with Crippen molar-refractivity contribution in [3.8, 4) is 0 Å². The van der Waals surface area contributed by atoms with Gasteiger partial charge in [0.25, 0.3) is 0 Å². The van der Waals surface area contributed by atoms with Gasteiger partial charge in [-0.15, -0.1) is 5.10 Å². The number of nitrogens with zero attached hydrogens (tertiary/aromatic N) is 3. The first-order valence-corrected chi connectivity index (χ1v) is 5.84. The number of nitrogen functional groups attached to an aromatic ring is 1. The molecular weight excluding hydrogens is 324 g/mol. The number of benzene rings is 1. The quantitative estimate of drug-likeness (QED) is 0.919. The third-order valence-electron chi connectivity index (χ3n) is 1.92. The van der Waals surface area contributed by atoms with Gasteiger partial charge in [0, 0.05) is 4.47 Å². The summed E-state index contributed by atoms with van der Waals surface area (Å²) in [7, 11) is 0. The van der Waals surface area contributed by atoms with Crippen LogP contribution in [0.1, 0.15) is 5.56 Å². The molecule has 0 aliphatic heterocycles. The van der Waals surface area contributed by atoms with Crippen LogP contribution in [0.4, 0.5) is 5.95 Å². The van der Waals surface area contributed by atoms with Gasteiger partial charge in [0.15, 0.2) is 4.73 Å². The molecule has 0 amide bonds. The molecular formula is C9H8Br2N4. The van der Waals surface area contributed by atoms with Gasteiger partial charge in [0.2, 0.25) is 5.95 Å². The van der Waals surface area contributed by atoms with Gasteiger partial charge in [-0.2, -0.15) is 4.98 Å². The van der Waals surface area contributed by atoms with Crippen molar-refractivity contribution in [1.29, 1.82) is 0 Å². The van der Waals surface area contributed by atoms with Crippen LogP contribution in [0.25, 0.3) is 0 Å². The number of hydrogen-bond donors (Lipinski definition) is 1. The molecule has 78 valence electrons. The van der Waals surface area contributed by atoms with Crippen LogP contribution in [-0.4, -0.2) is 14.8 Å². The fourth-order valence-electron chi connectivity index (χ4n) is 1.23. The maximum atomic E-state index is 5.49. The second-order valence-corrected chi connectivity index (χ2v) is 4.55. The minimum absolute atomic E-state index is 0.272. The predicted molar refractivity (Wildman–Crippen MR) is 65.4 cm³/mol. The summed E-state index contributed by atoms with van der Waals surface area (Å²) in [5, 5.41) is 4.06. The summed E-state index contributed by atoms with van der Waals surface area (Å²) in [5.74, 6) is 0.272. The Morgan fingerprint density at radius 3 is 2.60 bits per heavy atom.